The van der Waals surface area contributed by atoms with Crippen molar-refractivity contribution in [2.75, 3.05) is 18.6 Å². The first kappa shape index (κ1) is 22.6. The van der Waals surface area contributed by atoms with Crippen LogP contribution in [-0.4, -0.2) is 57.7 Å². The minimum absolute atomic E-state index is 0.0166. The molecule has 0 aromatic carbocycles. The van der Waals surface area contributed by atoms with Gasteiger partial charge in [-0.2, -0.15) is 9.55 Å². The highest BCUT2D eigenvalue weighted by Gasteiger charge is 2.53. The molecule has 2 aliphatic heterocycles. The van der Waals surface area contributed by atoms with E-state index < -0.39 is 29.2 Å². The largest absolute Gasteiger partial charge is 0.543 e. The highest BCUT2D eigenvalue weighted by atomic mass is 35.5. The lowest BCUT2D eigenvalue weighted by molar-refractivity contribution is -0.689. The molecular weight excluding hydrogens is 476 g/mol. The molecule has 0 saturated carbocycles. The van der Waals surface area contributed by atoms with Crippen molar-refractivity contribution in [3.63, 3.8) is 0 Å². The number of hydrogen-bond acceptors (Lipinski definition) is 10. The summed E-state index contributed by atoms with van der Waals surface area (Å²) in [6.45, 7) is 0.211. The number of carbonyl (C=O) groups excluding carboxylic acids is 3. The lowest BCUT2D eigenvalue weighted by atomic mass is 10.0. The van der Waals surface area contributed by atoms with E-state index in [-0.39, 0.29) is 29.7 Å². The van der Waals surface area contributed by atoms with Crippen LogP contribution in [0.1, 0.15) is 5.69 Å². The Bertz CT molecular complexity index is 1200. The molecule has 12 nitrogen and oxygen atoms in total. The van der Waals surface area contributed by atoms with Gasteiger partial charge in [0.15, 0.2) is 24.7 Å². The number of nitrogen functional groups attached to an aromatic ring is 1. The molecule has 172 valence electrons. The summed E-state index contributed by atoms with van der Waals surface area (Å²) in [5, 5.41) is 17.9. The number of oxazole rings is 1. The molecule has 0 unspecified atom stereocenters. The zero-order valence-corrected chi connectivity index (χ0v) is 18.6. The Kier molecular flexibility index (Phi) is 6.24. The van der Waals surface area contributed by atoms with Crippen LogP contribution in [0.2, 0.25) is 5.02 Å². The van der Waals surface area contributed by atoms with Gasteiger partial charge in [0.2, 0.25) is 0 Å². The number of pyridine rings is 1. The molecule has 2 aliphatic rings. The Morgan fingerprint density at radius 1 is 1.55 bits per heavy atom. The van der Waals surface area contributed by atoms with Crippen molar-refractivity contribution in [3.8, 4) is 0 Å². The number of nitrogens with two attached hydrogens (primary N) is 1. The highest BCUT2D eigenvalue weighted by molar-refractivity contribution is 8.00. The first-order chi connectivity index (χ1) is 15.8. The Morgan fingerprint density at radius 3 is 2.97 bits per heavy atom. The molecule has 0 radical (unpaired) electrons. The van der Waals surface area contributed by atoms with Gasteiger partial charge in [0, 0.05) is 17.4 Å². The van der Waals surface area contributed by atoms with Gasteiger partial charge in [0.1, 0.15) is 35.5 Å². The molecule has 2 amide bonds. The summed E-state index contributed by atoms with van der Waals surface area (Å²) in [4.78, 5) is 47.1. The Labute approximate surface area is 196 Å². The molecule has 4 heterocycles. The van der Waals surface area contributed by atoms with Crippen LogP contribution in [-0.2, 0) is 25.8 Å². The summed E-state index contributed by atoms with van der Waals surface area (Å²) in [6, 6.07) is 2.26. The second-order valence-corrected chi connectivity index (χ2v) is 8.53. The molecule has 1 fully saturated rings. The van der Waals surface area contributed by atoms with E-state index in [4.69, 9.17) is 21.8 Å². The molecule has 33 heavy (non-hydrogen) atoms. The topological polar surface area (TPSA) is 167 Å². The molecule has 0 bridgehead atoms. The van der Waals surface area contributed by atoms with Gasteiger partial charge >= 0.3 is 0 Å². The molecule has 3 N–H and O–H groups in total. The lowest BCUT2D eigenvalue weighted by Gasteiger charge is -2.50. The number of aromatic nitrogens is 2. The molecule has 2 aromatic rings. The number of rotatable bonds is 7. The number of carboxylic acids is 1. The molecule has 1 saturated heterocycles. The number of halogens is 1. The smallest absolute Gasteiger partial charge is 0.292 e. The summed E-state index contributed by atoms with van der Waals surface area (Å²) in [5.74, 6) is -2.52. The van der Waals surface area contributed by atoms with Gasteiger partial charge in [-0.15, -0.1) is 11.8 Å². The number of oxime groups is 1. The van der Waals surface area contributed by atoms with E-state index in [1.165, 1.54) is 18.9 Å². The summed E-state index contributed by atoms with van der Waals surface area (Å²) in [5.41, 5.74) is 5.48. The molecule has 2 atom stereocenters. The maximum atomic E-state index is 12.8. The Morgan fingerprint density at radius 2 is 2.33 bits per heavy atom. The fraction of sp³-hybridized carbons (Fsp3) is 0.263. The van der Waals surface area contributed by atoms with Gasteiger partial charge in [-0.1, -0.05) is 16.8 Å². The zero-order chi connectivity index (χ0) is 23.7. The third-order valence-corrected chi connectivity index (χ3v) is 6.45. The fourth-order valence-corrected chi connectivity index (χ4v) is 5.04. The zero-order valence-electron chi connectivity index (χ0n) is 17.1. The van der Waals surface area contributed by atoms with Crippen LogP contribution in [0.25, 0.3) is 0 Å². The van der Waals surface area contributed by atoms with Crippen molar-refractivity contribution in [2.24, 2.45) is 5.16 Å². The van der Waals surface area contributed by atoms with Crippen molar-refractivity contribution in [1.82, 2.24) is 15.2 Å². The van der Waals surface area contributed by atoms with E-state index in [1.807, 2.05) is 0 Å². The van der Waals surface area contributed by atoms with Gasteiger partial charge in [-0.25, -0.2) is 0 Å². The Hall–Kier alpha value is -3.58. The first-order valence-electron chi connectivity index (χ1n) is 9.46. The molecular formula is C19H17ClN6O6S. The number of carboxylic acid groups (broad SMARTS) is 1. The summed E-state index contributed by atoms with van der Waals surface area (Å²) in [7, 11) is 1.24. The Balaban J connectivity index is 1.54. The van der Waals surface area contributed by atoms with E-state index in [9.17, 15) is 19.5 Å². The third-order valence-electron chi connectivity index (χ3n) is 4.88. The highest BCUT2D eigenvalue weighted by Crippen LogP contribution is 2.40. The van der Waals surface area contributed by atoms with Crippen molar-refractivity contribution >= 4 is 52.9 Å². The second-order valence-electron chi connectivity index (χ2n) is 6.99. The molecule has 14 heteroatoms. The number of anilines is 1. The number of thioether (sulfide) groups is 1. The maximum Gasteiger partial charge on any atom is 0.292 e. The second kappa shape index (κ2) is 9.11. The van der Waals surface area contributed by atoms with E-state index in [0.29, 0.717) is 16.3 Å². The van der Waals surface area contributed by atoms with E-state index in [2.05, 4.69) is 20.3 Å². The van der Waals surface area contributed by atoms with E-state index in [0.717, 1.165) is 11.2 Å². The molecule has 0 spiro atoms. The molecule has 0 aliphatic carbocycles. The number of amides is 2. The summed E-state index contributed by atoms with van der Waals surface area (Å²) in [6.07, 6.45) is 4.50. The number of carbonyl (C=O) groups is 3. The number of aliphatic carboxylic acids is 1. The molecule has 4 rings (SSSR count). The minimum atomic E-state index is -1.48. The normalized spacial score (nSPS) is 20.2. The summed E-state index contributed by atoms with van der Waals surface area (Å²) < 4.78 is 6.60. The monoisotopic (exact) mass is 492 g/mol. The van der Waals surface area contributed by atoms with E-state index in [1.54, 1.807) is 29.1 Å². The van der Waals surface area contributed by atoms with Gasteiger partial charge in [0.05, 0.1) is 11.7 Å². The number of β-lactam (4-membered cyclic amide) rings is 1. The van der Waals surface area contributed by atoms with Crippen LogP contribution < -0.4 is 20.7 Å². The van der Waals surface area contributed by atoms with Crippen molar-refractivity contribution < 1.29 is 33.3 Å². The quantitative estimate of drug-likeness (QED) is 0.205. The third kappa shape index (κ3) is 4.36. The molecule has 2 aromatic heterocycles. The van der Waals surface area contributed by atoms with Crippen molar-refractivity contribution in [1.29, 1.82) is 0 Å². The fourth-order valence-electron chi connectivity index (χ4n) is 3.50. The predicted octanol–water partition coefficient (Wildman–Crippen LogP) is -1.35. The van der Waals surface area contributed by atoms with Crippen LogP contribution in [0.5, 0.6) is 0 Å². The van der Waals surface area contributed by atoms with Gasteiger partial charge < -0.3 is 30.2 Å². The van der Waals surface area contributed by atoms with Gasteiger partial charge in [-0.05, 0) is 6.07 Å². The SMILES string of the molecule is CO/N=C(\C(=O)N[C@@H]1C(=O)N2C(C(=O)[O-])=C(C[n+]3cccc(Cl)c3)CS[C@H]12)c1coc(N)n1. The van der Waals surface area contributed by atoms with E-state index >= 15 is 0 Å². The van der Waals surface area contributed by atoms with Crippen molar-refractivity contribution in [2.45, 2.75) is 18.0 Å². The van der Waals surface area contributed by atoms with Crippen LogP contribution >= 0.6 is 23.4 Å². The van der Waals surface area contributed by atoms with Crippen LogP contribution in [0.4, 0.5) is 6.01 Å². The maximum absolute atomic E-state index is 12.8. The number of fused-ring (bicyclic) bond motifs is 1. The van der Waals surface area contributed by atoms with Crippen LogP contribution in [0.3, 0.4) is 0 Å². The average Bonchev–Trinajstić information content (AvgIpc) is 3.21. The van der Waals surface area contributed by atoms with Gasteiger partial charge in [-0.3, -0.25) is 14.5 Å². The van der Waals surface area contributed by atoms with Gasteiger partial charge in [0.25, 0.3) is 17.8 Å². The van der Waals surface area contributed by atoms with Crippen LogP contribution in [0, 0.1) is 0 Å². The first-order valence-corrected chi connectivity index (χ1v) is 10.9. The predicted molar refractivity (Wildman–Crippen MR) is 113 cm³/mol. The number of nitrogens with zero attached hydrogens (tertiary/aromatic N) is 4. The number of nitrogens with one attached hydrogen (secondary N) is 1. The van der Waals surface area contributed by atoms with Crippen LogP contribution in [0.15, 0.2) is 51.6 Å². The number of hydrogen-bond donors (Lipinski definition) is 2. The van der Waals surface area contributed by atoms with Crippen molar-refractivity contribution in [3.05, 3.63) is 52.8 Å². The summed E-state index contributed by atoms with van der Waals surface area (Å²) >= 11 is 7.31. The average molecular weight is 493 g/mol. The standard InChI is InChI=1S/C19H17ClN6O6S/c1-31-24-12(11-7-32-19(21)22-11)15(27)23-13-16(28)26-14(18(29)30)9(8-33-17(13)26)5-25-4-2-3-10(20)6-25/h2-4,6-7,13,17H,5,8H2,1H3,(H3-,21,22,23,27,29,30)/b24-12-/t13-,17-/m1/s1. The lowest BCUT2D eigenvalue weighted by Crippen LogP contribution is -2.71. The minimum Gasteiger partial charge on any atom is -0.543 e.